The Morgan fingerprint density at radius 3 is 2.35 bits per heavy atom. The third kappa shape index (κ3) is 2.85. The standard InChI is InChI=1S/C12H9F3IN3O/c1-20-4-8-10(16)11(17)19-12(18-8)5-2-6(13)9(15)7(14)3-5/h2-3H,4H2,1H3,(H2,17,18,19). The van der Waals surface area contributed by atoms with E-state index in [9.17, 15) is 13.2 Å². The van der Waals surface area contributed by atoms with Gasteiger partial charge in [0.25, 0.3) is 0 Å². The van der Waals surface area contributed by atoms with E-state index in [1.54, 1.807) is 0 Å². The van der Waals surface area contributed by atoms with Crippen LogP contribution in [0.1, 0.15) is 5.69 Å². The molecule has 0 unspecified atom stereocenters. The topological polar surface area (TPSA) is 61.0 Å². The molecule has 0 bridgehead atoms. The van der Waals surface area contributed by atoms with Gasteiger partial charge >= 0.3 is 0 Å². The lowest BCUT2D eigenvalue weighted by Gasteiger charge is -2.09. The van der Waals surface area contributed by atoms with Gasteiger partial charge in [0.15, 0.2) is 23.3 Å². The highest BCUT2D eigenvalue weighted by Gasteiger charge is 2.16. The summed E-state index contributed by atoms with van der Waals surface area (Å²) in [5.41, 5.74) is 6.21. The first-order valence-corrected chi connectivity index (χ1v) is 6.47. The fourth-order valence-corrected chi connectivity index (χ4v) is 1.96. The molecule has 0 atom stereocenters. The van der Waals surface area contributed by atoms with E-state index in [0.717, 1.165) is 12.1 Å². The summed E-state index contributed by atoms with van der Waals surface area (Å²) in [7, 11) is 1.48. The molecular weight excluding hydrogens is 386 g/mol. The molecule has 1 heterocycles. The zero-order valence-electron chi connectivity index (χ0n) is 10.3. The van der Waals surface area contributed by atoms with E-state index >= 15 is 0 Å². The summed E-state index contributed by atoms with van der Waals surface area (Å²) in [6, 6.07) is 1.63. The number of nitrogen functional groups attached to an aromatic ring is 1. The zero-order chi connectivity index (χ0) is 14.9. The van der Waals surface area contributed by atoms with E-state index in [2.05, 4.69) is 9.97 Å². The molecule has 2 N–H and O–H groups in total. The predicted octanol–water partition coefficient (Wildman–Crippen LogP) is 2.89. The van der Waals surface area contributed by atoms with Crippen LogP contribution in [-0.2, 0) is 11.3 Å². The van der Waals surface area contributed by atoms with Gasteiger partial charge in [0.05, 0.1) is 15.9 Å². The number of hydrogen-bond acceptors (Lipinski definition) is 4. The van der Waals surface area contributed by atoms with E-state index in [1.165, 1.54) is 7.11 Å². The SMILES string of the molecule is COCc1nc(-c2cc(F)c(F)c(F)c2)nc(N)c1I. The van der Waals surface area contributed by atoms with Gasteiger partial charge < -0.3 is 10.5 Å². The van der Waals surface area contributed by atoms with Gasteiger partial charge in [0.1, 0.15) is 5.82 Å². The van der Waals surface area contributed by atoms with Crippen molar-refractivity contribution >= 4 is 28.4 Å². The van der Waals surface area contributed by atoms with E-state index < -0.39 is 17.5 Å². The second-order valence-electron chi connectivity index (χ2n) is 3.88. The molecule has 20 heavy (non-hydrogen) atoms. The number of nitrogens with zero attached hydrogens (tertiary/aromatic N) is 2. The normalized spacial score (nSPS) is 10.8. The van der Waals surface area contributed by atoms with Crippen LogP contribution < -0.4 is 5.73 Å². The molecular formula is C12H9F3IN3O. The Hall–Kier alpha value is -1.42. The van der Waals surface area contributed by atoms with E-state index in [1.807, 2.05) is 22.6 Å². The van der Waals surface area contributed by atoms with Crippen LogP contribution in [0.4, 0.5) is 19.0 Å². The molecule has 0 saturated heterocycles. The molecule has 1 aromatic carbocycles. The third-order valence-corrected chi connectivity index (χ3v) is 3.64. The maximum Gasteiger partial charge on any atom is 0.194 e. The lowest BCUT2D eigenvalue weighted by atomic mass is 10.2. The Balaban J connectivity index is 2.58. The second-order valence-corrected chi connectivity index (χ2v) is 4.96. The van der Waals surface area contributed by atoms with Crippen LogP contribution >= 0.6 is 22.6 Å². The third-order valence-electron chi connectivity index (χ3n) is 2.47. The van der Waals surface area contributed by atoms with Crippen LogP contribution in [-0.4, -0.2) is 17.1 Å². The fraction of sp³-hybridized carbons (Fsp3) is 0.167. The fourth-order valence-electron chi connectivity index (χ4n) is 1.56. The van der Waals surface area contributed by atoms with Crippen molar-refractivity contribution in [3.05, 3.63) is 38.8 Å². The van der Waals surface area contributed by atoms with Crippen molar-refractivity contribution in [1.82, 2.24) is 9.97 Å². The molecule has 0 aliphatic carbocycles. The Morgan fingerprint density at radius 2 is 1.80 bits per heavy atom. The van der Waals surface area contributed by atoms with E-state index in [4.69, 9.17) is 10.5 Å². The van der Waals surface area contributed by atoms with Gasteiger partial charge in [0.2, 0.25) is 0 Å². The molecule has 0 fully saturated rings. The molecule has 106 valence electrons. The smallest absolute Gasteiger partial charge is 0.194 e. The first kappa shape index (κ1) is 15.0. The minimum absolute atomic E-state index is 0.00172. The van der Waals surface area contributed by atoms with Crippen LogP contribution in [0.25, 0.3) is 11.4 Å². The minimum atomic E-state index is -1.54. The Bertz CT molecular complexity index is 644. The molecule has 0 aliphatic rings. The molecule has 0 amide bonds. The number of anilines is 1. The number of nitrogens with two attached hydrogens (primary N) is 1. The van der Waals surface area contributed by atoms with Gasteiger partial charge in [-0.25, -0.2) is 23.1 Å². The quantitative estimate of drug-likeness (QED) is 0.642. The van der Waals surface area contributed by atoms with Crippen LogP contribution in [0.15, 0.2) is 12.1 Å². The molecule has 2 rings (SSSR count). The first-order chi connectivity index (χ1) is 9.43. The Kier molecular flexibility index (Phi) is 4.43. The molecule has 0 radical (unpaired) electrons. The monoisotopic (exact) mass is 395 g/mol. The van der Waals surface area contributed by atoms with Crippen LogP contribution in [0.5, 0.6) is 0 Å². The van der Waals surface area contributed by atoms with Crippen molar-refractivity contribution in [3.8, 4) is 11.4 Å². The summed E-state index contributed by atoms with van der Waals surface area (Å²) in [5.74, 6) is -3.99. The second kappa shape index (κ2) is 5.92. The van der Waals surface area contributed by atoms with Crippen molar-refractivity contribution in [2.45, 2.75) is 6.61 Å². The minimum Gasteiger partial charge on any atom is -0.383 e. The first-order valence-electron chi connectivity index (χ1n) is 5.39. The highest BCUT2D eigenvalue weighted by atomic mass is 127. The molecule has 0 aliphatic heterocycles. The van der Waals surface area contributed by atoms with Crippen LogP contribution in [0.3, 0.4) is 0 Å². The summed E-state index contributed by atoms with van der Waals surface area (Å²) < 4.78 is 44.9. The van der Waals surface area contributed by atoms with Crippen LogP contribution in [0.2, 0.25) is 0 Å². The van der Waals surface area contributed by atoms with Gasteiger partial charge in [-0.1, -0.05) is 0 Å². The Labute approximate surface area is 126 Å². The highest BCUT2D eigenvalue weighted by molar-refractivity contribution is 14.1. The molecule has 2 aromatic rings. The average Bonchev–Trinajstić information content (AvgIpc) is 2.40. The van der Waals surface area contributed by atoms with E-state index in [-0.39, 0.29) is 23.8 Å². The average molecular weight is 395 g/mol. The lowest BCUT2D eigenvalue weighted by molar-refractivity contribution is 0.181. The number of methoxy groups -OCH3 is 1. The number of rotatable bonds is 3. The molecule has 8 heteroatoms. The largest absolute Gasteiger partial charge is 0.383 e. The lowest BCUT2D eigenvalue weighted by Crippen LogP contribution is -2.06. The summed E-state index contributed by atoms with van der Waals surface area (Å²) in [5, 5.41) is 0. The van der Waals surface area contributed by atoms with Gasteiger partial charge in [-0.05, 0) is 34.7 Å². The summed E-state index contributed by atoms with van der Waals surface area (Å²) in [4.78, 5) is 8.07. The number of benzene rings is 1. The maximum absolute atomic E-state index is 13.2. The summed E-state index contributed by atoms with van der Waals surface area (Å²) >= 11 is 1.94. The summed E-state index contributed by atoms with van der Waals surface area (Å²) in [6.07, 6.45) is 0. The van der Waals surface area contributed by atoms with Gasteiger partial charge in [-0.2, -0.15) is 0 Å². The van der Waals surface area contributed by atoms with Crippen LogP contribution in [0, 0.1) is 21.0 Å². The Morgan fingerprint density at radius 1 is 1.20 bits per heavy atom. The van der Waals surface area contributed by atoms with E-state index in [0.29, 0.717) is 9.26 Å². The zero-order valence-corrected chi connectivity index (χ0v) is 12.4. The molecule has 4 nitrogen and oxygen atoms in total. The molecule has 0 spiro atoms. The van der Waals surface area contributed by atoms with Gasteiger partial charge in [-0.15, -0.1) is 0 Å². The van der Waals surface area contributed by atoms with Gasteiger partial charge in [0, 0.05) is 12.7 Å². The van der Waals surface area contributed by atoms with Gasteiger partial charge in [-0.3, -0.25) is 0 Å². The van der Waals surface area contributed by atoms with Crippen molar-refractivity contribution in [2.24, 2.45) is 0 Å². The highest BCUT2D eigenvalue weighted by Crippen LogP contribution is 2.25. The maximum atomic E-state index is 13.2. The summed E-state index contributed by atoms with van der Waals surface area (Å²) in [6.45, 7) is 0.171. The number of aromatic nitrogens is 2. The number of halogens is 4. The van der Waals surface area contributed by atoms with Crippen molar-refractivity contribution < 1.29 is 17.9 Å². The number of ether oxygens (including phenoxy) is 1. The number of hydrogen-bond donors (Lipinski definition) is 1. The van der Waals surface area contributed by atoms with Crippen molar-refractivity contribution in [3.63, 3.8) is 0 Å². The predicted molar refractivity (Wildman–Crippen MR) is 75.2 cm³/mol. The molecule has 1 aromatic heterocycles. The molecule has 0 saturated carbocycles. The van der Waals surface area contributed by atoms with Crippen molar-refractivity contribution in [2.75, 3.05) is 12.8 Å². The van der Waals surface area contributed by atoms with Crippen molar-refractivity contribution in [1.29, 1.82) is 0 Å².